The molecular formula is C19H29N5O2S. The van der Waals surface area contributed by atoms with Crippen LogP contribution in [0.15, 0.2) is 29.4 Å². The molecule has 0 aliphatic rings. The maximum atomic E-state index is 12.0. The van der Waals surface area contributed by atoms with E-state index in [-0.39, 0.29) is 29.2 Å². The van der Waals surface area contributed by atoms with Gasteiger partial charge in [0.1, 0.15) is 12.4 Å². The van der Waals surface area contributed by atoms with Gasteiger partial charge < -0.3 is 15.9 Å². The molecule has 0 saturated carbocycles. The molecule has 2 aromatic rings. The van der Waals surface area contributed by atoms with Crippen LogP contribution in [0.1, 0.15) is 52.9 Å². The summed E-state index contributed by atoms with van der Waals surface area (Å²) >= 11 is 1.26. The van der Waals surface area contributed by atoms with Gasteiger partial charge in [0.25, 0.3) is 0 Å². The van der Waals surface area contributed by atoms with Crippen LogP contribution in [0.2, 0.25) is 0 Å². The molecule has 27 heavy (non-hydrogen) atoms. The second-order valence-corrected chi connectivity index (χ2v) is 9.06. The molecule has 0 aliphatic heterocycles. The van der Waals surface area contributed by atoms with E-state index in [9.17, 15) is 4.79 Å². The summed E-state index contributed by atoms with van der Waals surface area (Å²) in [4.78, 5) is 12.0. The number of hydrogen-bond donors (Lipinski definition) is 2. The first-order valence-electron chi connectivity index (χ1n) is 8.97. The Morgan fingerprint density at radius 3 is 2.41 bits per heavy atom. The molecule has 3 N–H and O–H groups in total. The zero-order valence-electron chi connectivity index (χ0n) is 16.8. The average Bonchev–Trinajstić information content (AvgIpc) is 2.92. The summed E-state index contributed by atoms with van der Waals surface area (Å²) in [6.07, 6.45) is 0. The fourth-order valence-electron chi connectivity index (χ4n) is 2.30. The Hall–Kier alpha value is -2.22. The van der Waals surface area contributed by atoms with Gasteiger partial charge in [-0.15, -0.1) is 10.2 Å². The number of nitrogens with one attached hydrogen (secondary N) is 1. The Morgan fingerprint density at radius 2 is 1.85 bits per heavy atom. The summed E-state index contributed by atoms with van der Waals surface area (Å²) < 4.78 is 7.14. The molecule has 1 atom stereocenters. The standard InChI is InChI=1S/C19H29N5O2S/c1-12(2)21-17(25)13(3)27-18-23-22-16(24(18)20)11-26-15-9-7-14(8-10-15)19(4,5)6/h7-10,12-13H,11,20H2,1-6H3,(H,21,25). The predicted molar refractivity (Wildman–Crippen MR) is 108 cm³/mol. The molecule has 7 nitrogen and oxygen atoms in total. The highest BCUT2D eigenvalue weighted by molar-refractivity contribution is 8.00. The number of rotatable bonds is 7. The predicted octanol–water partition coefficient (Wildman–Crippen LogP) is 2.87. The first-order valence-corrected chi connectivity index (χ1v) is 9.85. The van der Waals surface area contributed by atoms with Crippen molar-refractivity contribution in [3.05, 3.63) is 35.7 Å². The summed E-state index contributed by atoms with van der Waals surface area (Å²) in [5.41, 5.74) is 1.34. The molecule has 0 fully saturated rings. The van der Waals surface area contributed by atoms with Gasteiger partial charge in [-0.25, -0.2) is 4.68 Å². The molecule has 148 valence electrons. The Balaban J connectivity index is 1.96. The number of carbonyl (C=O) groups excluding carboxylic acids is 1. The monoisotopic (exact) mass is 391 g/mol. The number of ether oxygens (including phenoxy) is 1. The van der Waals surface area contributed by atoms with Crippen LogP contribution < -0.4 is 15.9 Å². The summed E-state index contributed by atoms with van der Waals surface area (Å²) in [6, 6.07) is 8.07. The molecule has 0 saturated heterocycles. The second-order valence-electron chi connectivity index (χ2n) is 7.76. The molecule has 1 aromatic heterocycles. The van der Waals surface area contributed by atoms with E-state index >= 15 is 0 Å². The Kier molecular flexibility index (Phi) is 6.75. The highest BCUT2D eigenvalue weighted by Gasteiger charge is 2.20. The third kappa shape index (κ3) is 5.89. The fourth-order valence-corrected chi connectivity index (χ4v) is 3.10. The largest absolute Gasteiger partial charge is 0.486 e. The van der Waals surface area contributed by atoms with E-state index in [1.807, 2.05) is 32.9 Å². The summed E-state index contributed by atoms with van der Waals surface area (Å²) in [5, 5.41) is 11.2. The molecule has 0 bridgehead atoms. The van der Waals surface area contributed by atoms with Gasteiger partial charge >= 0.3 is 0 Å². The Bertz CT molecular complexity index is 765. The number of nitrogens with two attached hydrogens (primary N) is 1. The zero-order valence-corrected chi connectivity index (χ0v) is 17.6. The molecular weight excluding hydrogens is 362 g/mol. The van der Waals surface area contributed by atoms with Gasteiger partial charge in [0, 0.05) is 6.04 Å². The zero-order chi connectivity index (χ0) is 20.2. The van der Waals surface area contributed by atoms with E-state index in [1.165, 1.54) is 22.0 Å². The van der Waals surface area contributed by atoms with Gasteiger partial charge in [0.2, 0.25) is 11.1 Å². The van der Waals surface area contributed by atoms with E-state index in [0.29, 0.717) is 11.0 Å². The Labute approximate surface area is 165 Å². The van der Waals surface area contributed by atoms with Gasteiger partial charge in [-0.1, -0.05) is 44.7 Å². The van der Waals surface area contributed by atoms with Crippen LogP contribution in [0.3, 0.4) is 0 Å². The summed E-state index contributed by atoms with van der Waals surface area (Å²) in [6.45, 7) is 12.4. The molecule has 0 spiro atoms. The highest BCUT2D eigenvalue weighted by atomic mass is 32.2. The van der Waals surface area contributed by atoms with Gasteiger partial charge in [-0.05, 0) is 43.9 Å². The molecule has 1 aromatic carbocycles. The summed E-state index contributed by atoms with van der Waals surface area (Å²) in [5.74, 6) is 7.23. The smallest absolute Gasteiger partial charge is 0.233 e. The molecule has 0 aliphatic carbocycles. The van der Waals surface area contributed by atoms with Crippen LogP contribution in [0.5, 0.6) is 5.75 Å². The van der Waals surface area contributed by atoms with Gasteiger partial charge in [-0.3, -0.25) is 4.79 Å². The third-order valence-electron chi connectivity index (χ3n) is 3.91. The molecule has 1 amide bonds. The number of aromatic nitrogens is 3. The van der Waals surface area contributed by atoms with Crippen LogP contribution in [-0.4, -0.2) is 32.1 Å². The van der Waals surface area contributed by atoms with Crippen molar-refractivity contribution in [3.8, 4) is 5.75 Å². The number of hydrogen-bond acceptors (Lipinski definition) is 6. The van der Waals surface area contributed by atoms with Crippen LogP contribution in [0.25, 0.3) is 0 Å². The number of thioether (sulfide) groups is 1. The van der Waals surface area contributed by atoms with Crippen LogP contribution in [0, 0.1) is 0 Å². The van der Waals surface area contributed by atoms with Crippen molar-refractivity contribution in [2.24, 2.45) is 0 Å². The van der Waals surface area contributed by atoms with Crippen LogP contribution >= 0.6 is 11.8 Å². The van der Waals surface area contributed by atoms with Crippen molar-refractivity contribution in [1.82, 2.24) is 20.2 Å². The number of carbonyl (C=O) groups is 1. The number of amides is 1. The maximum Gasteiger partial charge on any atom is 0.233 e. The fraction of sp³-hybridized carbons (Fsp3) is 0.526. The van der Waals surface area contributed by atoms with Crippen molar-refractivity contribution in [1.29, 1.82) is 0 Å². The van der Waals surface area contributed by atoms with Crippen molar-refractivity contribution in [2.75, 3.05) is 5.84 Å². The average molecular weight is 392 g/mol. The molecule has 0 radical (unpaired) electrons. The SMILES string of the molecule is CC(C)NC(=O)C(C)Sc1nnc(COc2ccc(C(C)(C)C)cc2)n1N. The van der Waals surface area contributed by atoms with Gasteiger partial charge in [-0.2, -0.15) is 0 Å². The van der Waals surface area contributed by atoms with Crippen molar-refractivity contribution >= 4 is 17.7 Å². The minimum absolute atomic E-state index is 0.0604. The second kappa shape index (κ2) is 8.65. The van der Waals surface area contributed by atoms with Crippen molar-refractivity contribution < 1.29 is 9.53 Å². The minimum atomic E-state index is -0.322. The summed E-state index contributed by atoms with van der Waals surface area (Å²) in [7, 11) is 0. The van der Waals surface area contributed by atoms with E-state index in [0.717, 1.165) is 5.75 Å². The van der Waals surface area contributed by atoms with Gasteiger partial charge in [0.15, 0.2) is 5.82 Å². The molecule has 8 heteroatoms. The maximum absolute atomic E-state index is 12.0. The Morgan fingerprint density at radius 1 is 1.22 bits per heavy atom. The van der Waals surface area contributed by atoms with Crippen LogP contribution in [0.4, 0.5) is 0 Å². The lowest BCUT2D eigenvalue weighted by Crippen LogP contribution is -2.36. The molecule has 2 rings (SSSR count). The molecule has 1 unspecified atom stereocenters. The van der Waals surface area contributed by atoms with Crippen molar-refractivity contribution in [2.45, 2.75) is 70.0 Å². The van der Waals surface area contributed by atoms with Gasteiger partial charge in [0.05, 0.1) is 5.25 Å². The van der Waals surface area contributed by atoms with E-state index in [2.05, 4.69) is 48.4 Å². The number of nitrogens with zero attached hydrogens (tertiary/aromatic N) is 3. The third-order valence-corrected chi connectivity index (χ3v) is 4.96. The quantitative estimate of drug-likeness (QED) is 0.557. The van der Waals surface area contributed by atoms with Crippen LogP contribution in [-0.2, 0) is 16.8 Å². The number of nitrogen functional groups attached to an aromatic ring is 1. The van der Waals surface area contributed by atoms with Crippen molar-refractivity contribution in [3.63, 3.8) is 0 Å². The number of benzene rings is 1. The first kappa shape index (κ1) is 21.1. The van der Waals surface area contributed by atoms with E-state index in [1.54, 1.807) is 0 Å². The van der Waals surface area contributed by atoms with E-state index < -0.39 is 0 Å². The highest BCUT2D eigenvalue weighted by Crippen LogP contribution is 2.25. The van der Waals surface area contributed by atoms with E-state index in [4.69, 9.17) is 10.6 Å². The minimum Gasteiger partial charge on any atom is -0.486 e. The topological polar surface area (TPSA) is 95.1 Å². The lowest BCUT2D eigenvalue weighted by atomic mass is 9.87. The lowest BCUT2D eigenvalue weighted by molar-refractivity contribution is -0.120. The molecule has 1 heterocycles. The first-order chi connectivity index (χ1) is 12.6. The normalized spacial score (nSPS) is 12.9. The lowest BCUT2D eigenvalue weighted by Gasteiger charge is -2.19.